The van der Waals surface area contributed by atoms with E-state index >= 15 is 0 Å². The molecular formula is C12H14FN3O3S. The van der Waals surface area contributed by atoms with E-state index in [4.69, 9.17) is 5.14 Å². The van der Waals surface area contributed by atoms with Gasteiger partial charge in [0.05, 0.1) is 11.4 Å². The highest BCUT2D eigenvalue weighted by molar-refractivity contribution is 7.89. The summed E-state index contributed by atoms with van der Waals surface area (Å²) in [5.74, 6) is -0.433. The number of aliphatic hydroxyl groups is 1. The van der Waals surface area contributed by atoms with Gasteiger partial charge in [-0.05, 0) is 38.1 Å². The summed E-state index contributed by atoms with van der Waals surface area (Å²) < 4.78 is 36.9. The zero-order valence-electron chi connectivity index (χ0n) is 10.9. The predicted octanol–water partition coefficient (Wildman–Crippen LogP) is 0.886. The second-order valence-electron chi connectivity index (χ2n) is 4.86. The number of primary sulfonamides is 1. The molecule has 1 heterocycles. The van der Waals surface area contributed by atoms with Gasteiger partial charge in [-0.15, -0.1) is 0 Å². The number of hydrogen-bond acceptors (Lipinski definition) is 4. The number of nitrogens with two attached hydrogens (primary N) is 1. The summed E-state index contributed by atoms with van der Waals surface area (Å²) in [6.07, 6.45) is 0. The monoisotopic (exact) mass is 299 g/mol. The van der Waals surface area contributed by atoms with Gasteiger partial charge in [0.2, 0.25) is 0 Å². The minimum absolute atomic E-state index is 0.230. The van der Waals surface area contributed by atoms with Crippen LogP contribution in [-0.2, 0) is 15.6 Å². The van der Waals surface area contributed by atoms with Crippen molar-refractivity contribution in [2.45, 2.75) is 24.5 Å². The van der Waals surface area contributed by atoms with Crippen molar-refractivity contribution in [3.05, 3.63) is 41.8 Å². The highest BCUT2D eigenvalue weighted by atomic mass is 32.2. The molecule has 108 valence electrons. The lowest BCUT2D eigenvalue weighted by atomic mass is 10.1. The van der Waals surface area contributed by atoms with E-state index in [1.54, 1.807) is 0 Å². The standard InChI is InChI=1S/C12H14FN3O3S/c1-12(2,17)10-7-11(20(14,18)19)15-16(10)9-5-3-8(13)4-6-9/h3-7,17H,1-2H3,(H2,14,18,19). The van der Waals surface area contributed by atoms with Crippen LogP contribution in [0.5, 0.6) is 0 Å². The molecule has 0 radical (unpaired) electrons. The van der Waals surface area contributed by atoms with Crippen LogP contribution in [0.25, 0.3) is 5.69 Å². The highest BCUT2D eigenvalue weighted by Gasteiger charge is 2.26. The lowest BCUT2D eigenvalue weighted by molar-refractivity contribution is 0.0711. The fourth-order valence-corrected chi connectivity index (χ4v) is 2.18. The van der Waals surface area contributed by atoms with E-state index in [1.807, 2.05) is 0 Å². The van der Waals surface area contributed by atoms with E-state index < -0.39 is 21.4 Å². The molecule has 0 fully saturated rings. The molecule has 0 saturated carbocycles. The van der Waals surface area contributed by atoms with Gasteiger partial charge >= 0.3 is 0 Å². The van der Waals surface area contributed by atoms with Crippen LogP contribution in [0.3, 0.4) is 0 Å². The third-order valence-electron chi connectivity index (χ3n) is 2.68. The van der Waals surface area contributed by atoms with E-state index in [1.165, 1.54) is 48.9 Å². The molecule has 2 aromatic rings. The van der Waals surface area contributed by atoms with Crippen LogP contribution in [0.4, 0.5) is 4.39 Å². The van der Waals surface area contributed by atoms with Crippen LogP contribution in [0.2, 0.25) is 0 Å². The van der Waals surface area contributed by atoms with Crippen LogP contribution < -0.4 is 5.14 Å². The molecule has 0 bridgehead atoms. The molecule has 2 rings (SSSR count). The number of benzene rings is 1. The smallest absolute Gasteiger partial charge is 0.257 e. The van der Waals surface area contributed by atoms with Crippen molar-refractivity contribution in [1.82, 2.24) is 9.78 Å². The molecule has 8 heteroatoms. The minimum Gasteiger partial charge on any atom is -0.384 e. The first-order chi connectivity index (χ1) is 9.09. The van der Waals surface area contributed by atoms with Crippen molar-refractivity contribution in [3.63, 3.8) is 0 Å². The van der Waals surface area contributed by atoms with Crippen molar-refractivity contribution in [2.24, 2.45) is 5.14 Å². The van der Waals surface area contributed by atoms with Crippen molar-refractivity contribution < 1.29 is 17.9 Å². The molecule has 20 heavy (non-hydrogen) atoms. The number of sulfonamides is 1. The Morgan fingerprint density at radius 1 is 1.30 bits per heavy atom. The molecule has 1 aromatic carbocycles. The van der Waals surface area contributed by atoms with Crippen LogP contribution in [0.15, 0.2) is 35.4 Å². The van der Waals surface area contributed by atoms with Gasteiger partial charge in [-0.3, -0.25) is 0 Å². The van der Waals surface area contributed by atoms with Crippen molar-refractivity contribution in [1.29, 1.82) is 0 Å². The number of rotatable bonds is 3. The maximum atomic E-state index is 12.9. The maximum absolute atomic E-state index is 12.9. The fraction of sp³-hybridized carbons (Fsp3) is 0.250. The summed E-state index contributed by atoms with van der Waals surface area (Å²) in [6, 6.07) is 6.46. The van der Waals surface area contributed by atoms with Gasteiger partial charge in [-0.1, -0.05) is 0 Å². The van der Waals surface area contributed by atoms with E-state index in [0.717, 1.165) is 0 Å². The molecule has 0 saturated heterocycles. The molecular weight excluding hydrogens is 285 g/mol. The molecule has 0 aliphatic heterocycles. The summed E-state index contributed by atoms with van der Waals surface area (Å²) in [5.41, 5.74) is -0.698. The van der Waals surface area contributed by atoms with E-state index in [9.17, 15) is 17.9 Å². The van der Waals surface area contributed by atoms with Crippen LogP contribution in [0.1, 0.15) is 19.5 Å². The van der Waals surface area contributed by atoms with Gasteiger partial charge in [-0.25, -0.2) is 22.6 Å². The normalized spacial score (nSPS) is 12.7. The summed E-state index contributed by atoms with van der Waals surface area (Å²) >= 11 is 0. The lowest BCUT2D eigenvalue weighted by Gasteiger charge is -2.18. The van der Waals surface area contributed by atoms with Gasteiger partial charge in [-0.2, -0.15) is 5.10 Å². The number of nitrogens with zero attached hydrogens (tertiary/aromatic N) is 2. The lowest BCUT2D eigenvalue weighted by Crippen LogP contribution is -2.20. The van der Waals surface area contributed by atoms with E-state index in [0.29, 0.717) is 5.69 Å². The molecule has 0 amide bonds. The Balaban J connectivity index is 2.68. The average molecular weight is 299 g/mol. The van der Waals surface area contributed by atoms with Gasteiger partial charge in [0.25, 0.3) is 10.0 Å². The van der Waals surface area contributed by atoms with Gasteiger partial charge < -0.3 is 5.11 Å². The first-order valence-corrected chi connectivity index (χ1v) is 7.25. The second kappa shape index (κ2) is 4.65. The maximum Gasteiger partial charge on any atom is 0.257 e. The Labute approximate surface area is 115 Å². The summed E-state index contributed by atoms with van der Waals surface area (Å²) in [5, 5.41) is 18.6. The topological polar surface area (TPSA) is 98.2 Å². The molecule has 1 aromatic heterocycles. The average Bonchev–Trinajstić information content (AvgIpc) is 2.74. The Morgan fingerprint density at radius 2 is 1.85 bits per heavy atom. The summed E-state index contributed by atoms with van der Waals surface area (Å²) in [7, 11) is -4.00. The molecule has 0 atom stereocenters. The Morgan fingerprint density at radius 3 is 2.30 bits per heavy atom. The second-order valence-corrected chi connectivity index (χ2v) is 6.37. The van der Waals surface area contributed by atoms with Gasteiger partial charge in [0, 0.05) is 6.07 Å². The Bertz CT molecular complexity index is 730. The largest absolute Gasteiger partial charge is 0.384 e. The van der Waals surface area contributed by atoms with Crippen LogP contribution in [0, 0.1) is 5.82 Å². The van der Waals surface area contributed by atoms with Crippen molar-refractivity contribution in [2.75, 3.05) is 0 Å². The third-order valence-corrected chi connectivity index (χ3v) is 3.46. The Kier molecular flexibility index (Phi) is 3.41. The molecule has 0 spiro atoms. The van der Waals surface area contributed by atoms with Crippen molar-refractivity contribution >= 4 is 10.0 Å². The Hall–Kier alpha value is -1.77. The van der Waals surface area contributed by atoms with Gasteiger partial charge in [0.15, 0.2) is 5.03 Å². The zero-order valence-corrected chi connectivity index (χ0v) is 11.7. The molecule has 0 aliphatic rings. The molecule has 6 nitrogen and oxygen atoms in total. The minimum atomic E-state index is -4.00. The van der Waals surface area contributed by atoms with Crippen LogP contribution in [-0.4, -0.2) is 23.3 Å². The number of halogens is 1. The first kappa shape index (κ1) is 14.6. The fourth-order valence-electron chi connectivity index (χ4n) is 1.71. The molecule has 0 aliphatic carbocycles. The first-order valence-electron chi connectivity index (χ1n) is 5.71. The van der Waals surface area contributed by atoms with Crippen molar-refractivity contribution in [3.8, 4) is 5.69 Å². The number of hydrogen-bond donors (Lipinski definition) is 2. The molecule has 3 N–H and O–H groups in total. The third kappa shape index (κ3) is 2.87. The highest BCUT2D eigenvalue weighted by Crippen LogP contribution is 2.25. The van der Waals surface area contributed by atoms with E-state index in [-0.39, 0.29) is 10.7 Å². The van der Waals surface area contributed by atoms with E-state index in [2.05, 4.69) is 5.10 Å². The summed E-state index contributed by atoms with van der Waals surface area (Å²) in [6.45, 7) is 2.97. The van der Waals surface area contributed by atoms with Gasteiger partial charge in [0.1, 0.15) is 11.4 Å². The zero-order chi connectivity index (χ0) is 15.1. The summed E-state index contributed by atoms with van der Waals surface area (Å²) in [4.78, 5) is 0. The predicted molar refractivity (Wildman–Crippen MR) is 70.1 cm³/mol. The SMILES string of the molecule is CC(C)(O)c1cc(S(N)(=O)=O)nn1-c1ccc(F)cc1. The van der Waals surface area contributed by atoms with Crippen LogP contribution >= 0.6 is 0 Å². The number of aromatic nitrogens is 2. The molecule has 0 unspecified atom stereocenters. The quantitative estimate of drug-likeness (QED) is 0.879.